The van der Waals surface area contributed by atoms with Crippen LogP contribution in [0.25, 0.3) is 0 Å². The van der Waals surface area contributed by atoms with Crippen LogP contribution in [-0.4, -0.2) is 29.5 Å². The van der Waals surface area contributed by atoms with Crippen LogP contribution < -0.4 is 5.32 Å². The van der Waals surface area contributed by atoms with E-state index in [4.69, 9.17) is 39.5 Å². The van der Waals surface area contributed by atoms with Crippen molar-refractivity contribution >= 4 is 46.7 Å². The molecule has 0 radical (unpaired) electrons. The summed E-state index contributed by atoms with van der Waals surface area (Å²) in [5.74, 6) is -0.733. The molecule has 1 aliphatic carbocycles. The molecule has 0 aromatic carbocycles. The van der Waals surface area contributed by atoms with Crippen LogP contribution in [0.5, 0.6) is 0 Å². The average Bonchev–Trinajstić information content (AvgIpc) is 2.53. The fourth-order valence-corrected chi connectivity index (χ4v) is 3.12. The number of amides is 1. The molecule has 0 unspecified atom stereocenters. The lowest BCUT2D eigenvalue weighted by atomic mass is 9.86. The Morgan fingerprint density at radius 3 is 2.65 bits per heavy atom. The van der Waals surface area contributed by atoms with E-state index in [1.54, 1.807) is 0 Å². The van der Waals surface area contributed by atoms with Crippen LogP contribution in [0.2, 0.25) is 15.1 Å². The first-order valence-electron chi connectivity index (χ1n) is 7.36. The molecule has 0 aliphatic heterocycles. The molecule has 1 heterocycles. The van der Waals surface area contributed by atoms with Crippen LogP contribution in [0.15, 0.2) is 6.20 Å². The highest BCUT2D eigenvalue weighted by molar-refractivity contribution is 6.48. The fraction of sp³-hybridized carbons (Fsp3) is 0.533. The zero-order valence-electron chi connectivity index (χ0n) is 12.6. The summed E-state index contributed by atoms with van der Waals surface area (Å²) in [4.78, 5) is 27.6. The van der Waals surface area contributed by atoms with Gasteiger partial charge < -0.3 is 10.1 Å². The van der Waals surface area contributed by atoms with Crippen molar-refractivity contribution in [3.05, 3.63) is 27.0 Å². The highest BCUT2D eigenvalue weighted by Gasteiger charge is 2.24. The number of carbonyl (C=O) groups excluding carboxylic acids is 2. The summed E-state index contributed by atoms with van der Waals surface area (Å²) in [6.45, 7) is 1.72. The van der Waals surface area contributed by atoms with E-state index in [1.165, 1.54) is 12.6 Å². The summed E-state index contributed by atoms with van der Waals surface area (Å²) in [6, 6.07) is 0.127. The van der Waals surface area contributed by atoms with E-state index >= 15 is 0 Å². The van der Waals surface area contributed by atoms with Gasteiger partial charge in [0.25, 0.3) is 5.91 Å². The first-order chi connectivity index (χ1) is 10.9. The molecule has 23 heavy (non-hydrogen) atoms. The van der Waals surface area contributed by atoms with Crippen molar-refractivity contribution in [1.29, 1.82) is 0 Å². The van der Waals surface area contributed by atoms with Crippen molar-refractivity contribution < 1.29 is 14.3 Å². The molecule has 8 heteroatoms. The molecule has 1 N–H and O–H groups in total. The number of hydrogen-bond donors (Lipinski definition) is 1. The third-order valence-corrected chi connectivity index (χ3v) is 5.14. The first-order valence-corrected chi connectivity index (χ1v) is 8.49. The number of halogens is 3. The third kappa shape index (κ3) is 4.72. The monoisotopic (exact) mass is 378 g/mol. The molecule has 0 saturated heterocycles. The molecular weight excluding hydrogens is 363 g/mol. The second-order valence-corrected chi connectivity index (χ2v) is 6.76. The van der Waals surface area contributed by atoms with Crippen LogP contribution in [0.3, 0.4) is 0 Å². The van der Waals surface area contributed by atoms with Crippen LogP contribution in [0.1, 0.15) is 43.1 Å². The van der Waals surface area contributed by atoms with E-state index in [2.05, 4.69) is 17.2 Å². The van der Waals surface area contributed by atoms with Crippen molar-refractivity contribution in [1.82, 2.24) is 10.3 Å². The summed E-state index contributed by atoms with van der Waals surface area (Å²) in [5, 5.41) is 2.96. The van der Waals surface area contributed by atoms with Crippen molar-refractivity contribution in [3.63, 3.8) is 0 Å². The number of carbonyl (C=O) groups is 2. The quantitative estimate of drug-likeness (QED) is 0.806. The summed E-state index contributed by atoms with van der Waals surface area (Å²) in [7, 11) is 0. The van der Waals surface area contributed by atoms with Crippen molar-refractivity contribution in [2.45, 2.75) is 38.6 Å². The SMILES string of the molecule is C[C@@H]1CCCC[C@H]1NC(=O)COC(=O)c1ncc(Cl)c(Cl)c1Cl. The van der Waals surface area contributed by atoms with E-state index in [0.717, 1.165) is 19.3 Å². The van der Waals surface area contributed by atoms with E-state index < -0.39 is 5.97 Å². The minimum Gasteiger partial charge on any atom is -0.451 e. The van der Waals surface area contributed by atoms with Gasteiger partial charge in [-0.05, 0) is 18.8 Å². The standard InChI is InChI=1S/C15H17Cl3N2O3/c1-8-4-2-3-5-10(8)20-11(21)7-23-15(22)14-13(18)12(17)9(16)6-19-14/h6,8,10H,2-5,7H2,1H3,(H,20,21)/t8-,10-/m1/s1. The second kappa shape index (κ2) is 8.18. The highest BCUT2D eigenvalue weighted by atomic mass is 35.5. The molecule has 0 bridgehead atoms. The zero-order chi connectivity index (χ0) is 17.0. The minimum atomic E-state index is -0.819. The van der Waals surface area contributed by atoms with Gasteiger partial charge in [-0.25, -0.2) is 9.78 Å². The van der Waals surface area contributed by atoms with E-state index in [-0.39, 0.29) is 39.3 Å². The van der Waals surface area contributed by atoms with Gasteiger partial charge in [-0.2, -0.15) is 0 Å². The van der Waals surface area contributed by atoms with E-state index in [0.29, 0.717) is 5.92 Å². The molecule has 2 atom stereocenters. The Morgan fingerprint density at radius 2 is 1.96 bits per heavy atom. The Hall–Kier alpha value is -1.04. The molecule has 1 fully saturated rings. The maximum absolute atomic E-state index is 11.9. The van der Waals surface area contributed by atoms with Crippen LogP contribution in [0.4, 0.5) is 0 Å². The van der Waals surface area contributed by atoms with Crippen LogP contribution in [-0.2, 0) is 9.53 Å². The number of hydrogen-bond acceptors (Lipinski definition) is 4. The maximum atomic E-state index is 11.9. The Morgan fingerprint density at radius 1 is 1.26 bits per heavy atom. The molecular formula is C15H17Cl3N2O3. The number of aromatic nitrogens is 1. The number of nitrogens with zero attached hydrogens (tertiary/aromatic N) is 1. The predicted molar refractivity (Wildman–Crippen MR) is 89.1 cm³/mol. The van der Waals surface area contributed by atoms with E-state index in [9.17, 15) is 9.59 Å². The fourth-order valence-electron chi connectivity index (χ4n) is 2.56. The van der Waals surface area contributed by atoms with Gasteiger partial charge in [0.2, 0.25) is 0 Å². The summed E-state index contributed by atoms with van der Waals surface area (Å²) in [5.41, 5.74) is -0.167. The predicted octanol–water partition coefficient (Wildman–Crippen LogP) is 3.89. The minimum absolute atomic E-state index is 0.0239. The molecule has 1 aliphatic rings. The number of ether oxygens (including phenoxy) is 1. The van der Waals surface area contributed by atoms with Crippen LogP contribution >= 0.6 is 34.8 Å². The Balaban J connectivity index is 1.89. The molecule has 2 rings (SSSR count). The molecule has 1 aromatic heterocycles. The maximum Gasteiger partial charge on any atom is 0.359 e. The van der Waals surface area contributed by atoms with Crippen LogP contribution in [0, 0.1) is 5.92 Å². The van der Waals surface area contributed by atoms with Crippen molar-refractivity contribution in [2.75, 3.05) is 6.61 Å². The molecule has 5 nitrogen and oxygen atoms in total. The first kappa shape index (κ1) is 18.3. The van der Waals surface area contributed by atoms with Gasteiger partial charge in [-0.15, -0.1) is 0 Å². The zero-order valence-corrected chi connectivity index (χ0v) is 14.8. The lowest BCUT2D eigenvalue weighted by Crippen LogP contribution is -2.42. The molecule has 0 spiro atoms. The van der Waals surface area contributed by atoms with Gasteiger partial charge >= 0.3 is 5.97 Å². The van der Waals surface area contributed by atoms with Gasteiger partial charge in [0.1, 0.15) is 0 Å². The summed E-state index contributed by atoms with van der Waals surface area (Å²) < 4.78 is 4.94. The van der Waals surface area contributed by atoms with Gasteiger partial charge in [-0.3, -0.25) is 4.79 Å². The Kier molecular flexibility index (Phi) is 6.50. The number of nitrogens with one attached hydrogen (secondary N) is 1. The molecule has 1 saturated carbocycles. The summed E-state index contributed by atoms with van der Waals surface area (Å²) >= 11 is 17.5. The molecule has 126 valence electrons. The normalized spacial score (nSPS) is 20.9. The molecule has 1 amide bonds. The van der Waals surface area contributed by atoms with Crippen molar-refractivity contribution in [3.8, 4) is 0 Å². The van der Waals surface area contributed by atoms with Crippen molar-refractivity contribution in [2.24, 2.45) is 5.92 Å². The van der Waals surface area contributed by atoms with Gasteiger partial charge in [-0.1, -0.05) is 54.6 Å². The van der Waals surface area contributed by atoms with Gasteiger partial charge in [0.15, 0.2) is 12.3 Å². The highest BCUT2D eigenvalue weighted by Crippen LogP contribution is 2.31. The number of esters is 1. The second-order valence-electron chi connectivity index (χ2n) is 5.59. The van der Waals surface area contributed by atoms with Gasteiger partial charge in [0, 0.05) is 12.2 Å². The summed E-state index contributed by atoms with van der Waals surface area (Å²) in [6.07, 6.45) is 5.52. The topological polar surface area (TPSA) is 68.3 Å². The van der Waals surface area contributed by atoms with Gasteiger partial charge in [0.05, 0.1) is 15.1 Å². The lowest BCUT2D eigenvalue weighted by Gasteiger charge is -2.29. The molecule has 1 aromatic rings. The Bertz CT molecular complexity index is 610. The number of pyridine rings is 1. The third-order valence-electron chi connectivity index (χ3n) is 3.90. The smallest absolute Gasteiger partial charge is 0.359 e. The largest absolute Gasteiger partial charge is 0.451 e. The Labute approximate surface area is 149 Å². The lowest BCUT2D eigenvalue weighted by molar-refractivity contribution is -0.125. The average molecular weight is 380 g/mol. The van der Waals surface area contributed by atoms with E-state index in [1.807, 2.05) is 0 Å². The number of rotatable bonds is 4.